The smallest absolute Gasteiger partial charge is 0.311 e. The van der Waals surface area contributed by atoms with E-state index in [9.17, 15) is 19.2 Å². The van der Waals surface area contributed by atoms with Crippen molar-refractivity contribution in [1.82, 2.24) is 10.4 Å². The average Bonchev–Trinajstić information content (AvgIpc) is 3.14. The van der Waals surface area contributed by atoms with Crippen LogP contribution in [0.2, 0.25) is 5.02 Å². The second-order valence-corrected chi connectivity index (χ2v) is 7.57. The highest BCUT2D eigenvalue weighted by Gasteiger charge is 2.37. The average molecular weight is 460 g/mol. The number of rotatable bonds is 7. The molecule has 0 spiro atoms. The lowest BCUT2D eigenvalue weighted by atomic mass is 10.1. The predicted octanol–water partition coefficient (Wildman–Crippen LogP) is 2.33. The van der Waals surface area contributed by atoms with E-state index < -0.39 is 36.2 Å². The zero-order chi connectivity index (χ0) is 23.3. The maximum Gasteiger partial charge on any atom is 0.311 e. The number of esters is 1. The molecule has 2 N–H and O–H groups in total. The molecule has 1 fully saturated rings. The van der Waals surface area contributed by atoms with Crippen LogP contribution in [0, 0.1) is 12.8 Å². The summed E-state index contributed by atoms with van der Waals surface area (Å²) < 4.78 is 10.2. The van der Waals surface area contributed by atoms with Gasteiger partial charge >= 0.3 is 5.97 Å². The van der Waals surface area contributed by atoms with Crippen LogP contribution in [0.25, 0.3) is 0 Å². The minimum Gasteiger partial charge on any atom is -0.496 e. The number of hydrogen-bond acceptors (Lipinski definition) is 6. The van der Waals surface area contributed by atoms with E-state index in [2.05, 4.69) is 10.7 Å². The molecule has 0 saturated carbocycles. The standard InChI is InChI=1S/C22H22ClN3O6/c1-13-7-8-15(10-17(13)23)24-19(27)12-32-22(30)14-9-20(28)26(11-14)25-21(29)16-5-3-4-6-18(16)31-2/h3-8,10,14H,9,11-12H2,1-2H3,(H,24,27)(H,25,29)/t14-/m1/s1. The molecule has 1 saturated heterocycles. The summed E-state index contributed by atoms with van der Waals surface area (Å²) in [5, 5.41) is 4.15. The number of aryl methyl sites for hydroxylation is 1. The highest BCUT2D eigenvalue weighted by molar-refractivity contribution is 6.31. The van der Waals surface area contributed by atoms with E-state index in [4.69, 9.17) is 21.1 Å². The Balaban J connectivity index is 1.50. The summed E-state index contributed by atoms with van der Waals surface area (Å²) in [6.45, 7) is 1.26. The molecule has 0 radical (unpaired) electrons. The van der Waals surface area contributed by atoms with Gasteiger partial charge in [-0.3, -0.25) is 29.6 Å². The molecule has 0 aliphatic carbocycles. The number of hydrogen-bond donors (Lipinski definition) is 2. The lowest BCUT2D eigenvalue weighted by Crippen LogP contribution is -2.43. The van der Waals surface area contributed by atoms with Crippen LogP contribution < -0.4 is 15.5 Å². The first-order valence-corrected chi connectivity index (χ1v) is 10.1. The SMILES string of the molecule is COc1ccccc1C(=O)NN1C[C@H](C(=O)OCC(=O)Nc2ccc(C)c(Cl)c2)CC1=O. The van der Waals surface area contributed by atoms with Gasteiger partial charge in [-0.05, 0) is 36.8 Å². The number of methoxy groups -OCH3 is 1. The fraction of sp³-hybridized carbons (Fsp3) is 0.273. The van der Waals surface area contributed by atoms with Crippen molar-refractivity contribution in [2.24, 2.45) is 5.92 Å². The molecule has 0 aromatic heterocycles. The molecule has 3 rings (SSSR count). The summed E-state index contributed by atoms with van der Waals surface area (Å²) in [6.07, 6.45) is -0.139. The molecule has 1 heterocycles. The molecule has 1 atom stereocenters. The number of carbonyl (C=O) groups is 4. The van der Waals surface area contributed by atoms with Crippen LogP contribution in [0.3, 0.4) is 0 Å². The third-order valence-corrected chi connectivity index (χ3v) is 5.25. The molecule has 10 heteroatoms. The largest absolute Gasteiger partial charge is 0.496 e. The fourth-order valence-electron chi connectivity index (χ4n) is 3.11. The Bertz CT molecular complexity index is 1060. The first kappa shape index (κ1) is 23.1. The topological polar surface area (TPSA) is 114 Å². The van der Waals surface area contributed by atoms with Crippen molar-refractivity contribution < 1.29 is 28.7 Å². The van der Waals surface area contributed by atoms with Crippen molar-refractivity contribution in [3.8, 4) is 5.75 Å². The number of ether oxygens (including phenoxy) is 2. The van der Waals surface area contributed by atoms with E-state index in [1.807, 2.05) is 6.92 Å². The number of nitrogens with one attached hydrogen (secondary N) is 2. The van der Waals surface area contributed by atoms with E-state index in [0.29, 0.717) is 16.5 Å². The van der Waals surface area contributed by atoms with Crippen molar-refractivity contribution in [1.29, 1.82) is 0 Å². The molecular formula is C22H22ClN3O6. The molecule has 0 unspecified atom stereocenters. The summed E-state index contributed by atoms with van der Waals surface area (Å²) in [7, 11) is 1.43. The van der Waals surface area contributed by atoms with E-state index in [1.54, 1.807) is 42.5 Å². The van der Waals surface area contributed by atoms with E-state index in [0.717, 1.165) is 10.6 Å². The summed E-state index contributed by atoms with van der Waals surface area (Å²) in [4.78, 5) is 49.1. The van der Waals surface area contributed by atoms with Crippen molar-refractivity contribution >= 4 is 41.0 Å². The van der Waals surface area contributed by atoms with Crippen LogP contribution in [0.15, 0.2) is 42.5 Å². The Labute approximate surface area is 189 Å². The molecular weight excluding hydrogens is 438 g/mol. The van der Waals surface area contributed by atoms with Gasteiger partial charge in [0.25, 0.3) is 11.8 Å². The van der Waals surface area contributed by atoms with Gasteiger partial charge in [0.2, 0.25) is 5.91 Å². The normalized spacial score (nSPS) is 15.3. The van der Waals surface area contributed by atoms with Gasteiger partial charge in [-0.25, -0.2) is 0 Å². The lowest BCUT2D eigenvalue weighted by molar-refractivity contribution is -0.151. The van der Waals surface area contributed by atoms with E-state index in [-0.39, 0.29) is 18.5 Å². The highest BCUT2D eigenvalue weighted by Crippen LogP contribution is 2.21. The molecule has 2 aromatic carbocycles. The highest BCUT2D eigenvalue weighted by atomic mass is 35.5. The number of carbonyl (C=O) groups excluding carboxylic acids is 4. The number of halogens is 1. The lowest BCUT2D eigenvalue weighted by Gasteiger charge is -2.18. The van der Waals surface area contributed by atoms with Crippen molar-refractivity contribution in [3.05, 3.63) is 58.6 Å². The minimum absolute atomic E-state index is 0.0618. The predicted molar refractivity (Wildman–Crippen MR) is 116 cm³/mol. The van der Waals surface area contributed by atoms with Crippen molar-refractivity contribution in [2.75, 3.05) is 25.6 Å². The fourth-order valence-corrected chi connectivity index (χ4v) is 3.29. The van der Waals surface area contributed by atoms with E-state index in [1.165, 1.54) is 7.11 Å². The maximum atomic E-state index is 12.5. The van der Waals surface area contributed by atoms with Gasteiger partial charge in [0.05, 0.1) is 25.1 Å². The first-order chi connectivity index (χ1) is 15.3. The second-order valence-electron chi connectivity index (χ2n) is 7.17. The van der Waals surface area contributed by atoms with Gasteiger partial charge in [-0.1, -0.05) is 29.8 Å². The molecule has 1 aliphatic rings. The quantitative estimate of drug-likeness (QED) is 0.614. The molecule has 0 bridgehead atoms. The maximum absolute atomic E-state index is 12.5. The Morgan fingerprint density at radius 3 is 2.66 bits per heavy atom. The van der Waals surface area contributed by atoms with Crippen LogP contribution in [0.1, 0.15) is 22.3 Å². The molecule has 9 nitrogen and oxygen atoms in total. The van der Waals surface area contributed by atoms with Gasteiger partial charge in [-0.15, -0.1) is 0 Å². The molecule has 3 amide bonds. The zero-order valence-electron chi connectivity index (χ0n) is 17.5. The monoisotopic (exact) mass is 459 g/mol. The Kier molecular flexibility index (Phi) is 7.32. The molecule has 168 valence electrons. The Morgan fingerprint density at radius 1 is 1.19 bits per heavy atom. The van der Waals surface area contributed by atoms with Gasteiger partial charge in [0, 0.05) is 17.1 Å². The van der Waals surface area contributed by atoms with E-state index >= 15 is 0 Å². The Morgan fingerprint density at radius 2 is 1.94 bits per heavy atom. The Hall–Kier alpha value is -3.59. The third-order valence-electron chi connectivity index (χ3n) is 4.85. The number of anilines is 1. The second kappa shape index (κ2) is 10.1. The number of para-hydroxylation sites is 1. The minimum atomic E-state index is -0.804. The van der Waals surface area contributed by atoms with Crippen LogP contribution in [-0.2, 0) is 19.1 Å². The number of amides is 3. The van der Waals surface area contributed by atoms with Crippen molar-refractivity contribution in [2.45, 2.75) is 13.3 Å². The van der Waals surface area contributed by atoms with Crippen LogP contribution in [0.4, 0.5) is 5.69 Å². The van der Waals surface area contributed by atoms with Crippen molar-refractivity contribution in [3.63, 3.8) is 0 Å². The number of benzene rings is 2. The van der Waals surface area contributed by atoms with Gasteiger partial charge in [0.15, 0.2) is 6.61 Å². The summed E-state index contributed by atoms with van der Waals surface area (Å²) >= 11 is 6.02. The summed E-state index contributed by atoms with van der Waals surface area (Å²) in [5.41, 5.74) is 4.07. The molecule has 2 aromatic rings. The van der Waals surface area contributed by atoms with Gasteiger partial charge in [-0.2, -0.15) is 0 Å². The first-order valence-electron chi connectivity index (χ1n) is 9.75. The van der Waals surface area contributed by atoms with Crippen LogP contribution in [-0.4, -0.2) is 49.0 Å². The molecule has 1 aliphatic heterocycles. The summed E-state index contributed by atoms with van der Waals surface area (Å²) in [6, 6.07) is 11.6. The number of nitrogens with zero attached hydrogens (tertiary/aromatic N) is 1. The van der Waals surface area contributed by atoms with Gasteiger partial charge in [0.1, 0.15) is 5.75 Å². The third kappa shape index (κ3) is 5.55. The molecule has 32 heavy (non-hydrogen) atoms. The van der Waals surface area contributed by atoms with Crippen LogP contribution >= 0.6 is 11.6 Å². The number of hydrazine groups is 1. The van der Waals surface area contributed by atoms with Gasteiger partial charge < -0.3 is 14.8 Å². The summed E-state index contributed by atoms with van der Waals surface area (Å²) in [5.74, 6) is -2.67. The zero-order valence-corrected chi connectivity index (χ0v) is 18.3. The van der Waals surface area contributed by atoms with Crippen LogP contribution in [0.5, 0.6) is 5.75 Å².